The Morgan fingerprint density at radius 2 is 2.18 bits per heavy atom. The summed E-state index contributed by atoms with van der Waals surface area (Å²) in [5.41, 5.74) is 4.19. The molecule has 0 saturated carbocycles. The molecule has 2 fully saturated rings. The summed E-state index contributed by atoms with van der Waals surface area (Å²) in [6.45, 7) is 7.59. The molecule has 4 heterocycles. The van der Waals surface area contributed by atoms with Gasteiger partial charge >= 0.3 is 7.82 Å². The summed E-state index contributed by atoms with van der Waals surface area (Å²) < 4.78 is 57.9. The summed E-state index contributed by atoms with van der Waals surface area (Å²) in [6, 6.07) is 0. The molecule has 2 aliphatic heterocycles. The first kappa shape index (κ1) is 25.0. The molecular weight excluding hydrogens is 496 g/mol. The van der Waals surface area contributed by atoms with Gasteiger partial charge < -0.3 is 15.2 Å². The summed E-state index contributed by atoms with van der Waals surface area (Å²) in [4.78, 5) is 12.4. The molecule has 184 valence electrons. The van der Waals surface area contributed by atoms with Crippen LogP contribution in [0.15, 0.2) is 6.33 Å². The van der Waals surface area contributed by atoms with Gasteiger partial charge in [0.2, 0.25) is 11.8 Å². The molecule has 4 rings (SSSR count). The van der Waals surface area contributed by atoms with E-state index in [1.165, 1.54) is 24.9 Å². The van der Waals surface area contributed by atoms with Gasteiger partial charge in [0.25, 0.3) is 0 Å². The molecule has 0 amide bonds. The quantitative estimate of drug-likeness (QED) is 0.322. The van der Waals surface area contributed by atoms with Gasteiger partial charge in [0.15, 0.2) is 23.1 Å². The second-order valence-electron chi connectivity index (χ2n) is 8.71. The number of nitrogen functional groups attached to an aromatic ring is 1. The number of ether oxygens (including phenoxy) is 2. The normalized spacial score (nSPS) is 32.2. The van der Waals surface area contributed by atoms with Crippen LogP contribution in [0.4, 0.5) is 10.3 Å². The van der Waals surface area contributed by atoms with Crippen molar-refractivity contribution in [1.29, 1.82) is 0 Å². The molecule has 33 heavy (non-hydrogen) atoms. The van der Waals surface area contributed by atoms with Crippen molar-refractivity contribution >= 4 is 46.5 Å². The number of anilines is 1. The van der Waals surface area contributed by atoms with Gasteiger partial charge in [-0.05, 0) is 6.92 Å². The highest BCUT2D eigenvalue weighted by molar-refractivity contribution is 8.77. The Labute approximate surface area is 198 Å². The van der Waals surface area contributed by atoms with Gasteiger partial charge in [-0.3, -0.25) is 18.1 Å². The van der Waals surface area contributed by atoms with Gasteiger partial charge in [0.05, 0.1) is 26.7 Å². The highest BCUT2D eigenvalue weighted by Gasteiger charge is 2.61. The minimum atomic E-state index is -3.95. The molecule has 0 aromatic carbocycles. The van der Waals surface area contributed by atoms with Crippen LogP contribution >= 0.6 is 29.4 Å². The van der Waals surface area contributed by atoms with Gasteiger partial charge in [-0.15, -0.1) is 0 Å². The van der Waals surface area contributed by atoms with E-state index in [1.807, 2.05) is 0 Å². The zero-order valence-electron chi connectivity index (χ0n) is 18.9. The number of nitrogens with two attached hydrogens (primary N) is 1. The summed E-state index contributed by atoms with van der Waals surface area (Å²) in [7, 11) is 0.745. The fourth-order valence-corrected chi connectivity index (χ4v) is 7.22. The smallest absolute Gasteiger partial charge is 0.475 e. The van der Waals surface area contributed by atoms with E-state index in [0.29, 0.717) is 11.3 Å². The molecule has 2 aromatic rings. The number of alkyl halides is 1. The van der Waals surface area contributed by atoms with E-state index in [1.54, 1.807) is 21.6 Å². The van der Waals surface area contributed by atoms with Crippen molar-refractivity contribution in [2.75, 3.05) is 31.8 Å². The van der Waals surface area contributed by atoms with E-state index < -0.39 is 31.9 Å². The first-order valence-corrected chi connectivity index (χ1v) is 14.0. The number of imidazole rings is 1. The number of phosphoric acid groups is 1. The van der Waals surface area contributed by atoms with Crippen molar-refractivity contribution in [3.63, 3.8) is 0 Å². The third-order valence-corrected chi connectivity index (χ3v) is 9.65. The van der Waals surface area contributed by atoms with E-state index >= 15 is 4.39 Å². The Bertz CT molecular complexity index is 1070. The Hall–Kier alpha value is -1.15. The standard InChI is InChI=1S/C18H27FN5O6PS2/c1-17(2,3)33-32-7-6-27-31(25)28-8-10-12(30-31)18(4,19)15(29-10)24-9-21-11-13(24)22-16(20)23-14(11)26-5/h9-10,12,15H,6-8H2,1-5H3,(H2,20,22,23)/t10-,12-,15-,18-,31+/m1/s1. The van der Waals surface area contributed by atoms with Gasteiger partial charge in [-0.1, -0.05) is 42.4 Å². The summed E-state index contributed by atoms with van der Waals surface area (Å²) in [6.07, 6.45) is -1.81. The monoisotopic (exact) mass is 523 g/mol. The Morgan fingerprint density at radius 3 is 2.88 bits per heavy atom. The zero-order chi connectivity index (χ0) is 24.0. The minimum absolute atomic E-state index is 0.0583. The summed E-state index contributed by atoms with van der Waals surface area (Å²) in [5.74, 6) is 0.673. The van der Waals surface area contributed by atoms with Crippen molar-refractivity contribution in [2.24, 2.45) is 0 Å². The van der Waals surface area contributed by atoms with Crippen LogP contribution in [0.1, 0.15) is 33.9 Å². The number of rotatable bonds is 7. The number of halogens is 1. The van der Waals surface area contributed by atoms with Crippen molar-refractivity contribution in [3.05, 3.63) is 6.33 Å². The number of methoxy groups -OCH3 is 1. The summed E-state index contributed by atoms with van der Waals surface area (Å²) in [5, 5.41) is 0. The number of hydrogen-bond acceptors (Lipinski definition) is 12. The molecule has 2 N–H and O–H groups in total. The van der Waals surface area contributed by atoms with E-state index in [-0.39, 0.29) is 35.4 Å². The van der Waals surface area contributed by atoms with Gasteiger partial charge in [0.1, 0.15) is 12.2 Å². The van der Waals surface area contributed by atoms with Crippen molar-refractivity contribution in [3.8, 4) is 5.88 Å². The maximum absolute atomic E-state index is 16.1. The molecule has 2 aromatic heterocycles. The fraction of sp³-hybridized carbons (Fsp3) is 0.722. The number of phosphoric ester groups is 1. The van der Waals surface area contributed by atoms with Gasteiger partial charge in [-0.2, -0.15) is 9.97 Å². The van der Waals surface area contributed by atoms with E-state index in [0.717, 1.165) is 0 Å². The average molecular weight is 524 g/mol. The Kier molecular flexibility index (Phi) is 6.91. The maximum Gasteiger partial charge on any atom is 0.475 e. The molecule has 0 radical (unpaired) electrons. The van der Waals surface area contributed by atoms with Crippen molar-refractivity contribution < 1.29 is 32.0 Å². The molecule has 0 spiro atoms. The second-order valence-corrected chi connectivity index (χ2v) is 13.6. The molecule has 2 aliphatic rings. The van der Waals surface area contributed by atoms with Crippen LogP contribution < -0.4 is 10.5 Å². The van der Waals surface area contributed by atoms with Crippen LogP contribution in [0.2, 0.25) is 0 Å². The van der Waals surface area contributed by atoms with E-state index in [9.17, 15) is 4.57 Å². The summed E-state index contributed by atoms with van der Waals surface area (Å²) >= 11 is 0. The second kappa shape index (κ2) is 9.14. The number of nitrogens with zero attached hydrogens (tertiary/aromatic N) is 4. The van der Waals surface area contributed by atoms with Crippen LogP contribution in [0.25, 0.3) is 11.2 Å². The molecule has 5 atom stereocenters. The Balaban J connectivity index is 1.48. The lowest BCUT2D eigenvalue weighted by atomic mass is 9.98. The number of aromatic nitrogens is 4. The maximum atomic E-state index is 16.1. The highest BCUT2D eigenvalue weighted by Crippen LogP contribution is 2.59. The number of hydrogen-bond donors (Lipinski definition) is 1. The topological polar surface area (TPSA) is 133 Å². The van der Waals surface area contributed by atoms with Crippen LogP contribution in [-0.2, 0) is 22.9 Å². The molecular formula is C18H27FN5O6PS2. The molecule has 0 bridgehead atoms. The third kappa shape index (κ3) is 5.12. The molecule has 0 unspecified atom stereocenters. The largest absolute Gasteiger partial charge is 0.479 e. The van der Waals surface area contributed by atoms with Crippen molar-refractivity contribution in [2.45, 2.75) is 56.5 Å². The lowest BCUT2D eigenvalue weighted by Crippen LogP contribution is -2.44. The SMILES string of the molecule is COc1nc(N)nc2c1ncn2[C@@H]1O[C@@H]2CO[P@](=O)(OCCSSC(C)(C)C)O[C@H]2[C@@]1(C)F. The van der Waals surface area contributed by atoms with Crippen LogP contribution in [0.3, 0.4) is 0 Å². The Morgan fingerprint density at radius 1 is 1.42 bits per heavy atom. The van der Waals surface area contributed by atoms with E-state index in [2.05, 4.69) is 35.7 Å². The molecule has 11 nitrogen and oxygen atoms in total. The highest BCUT2D eigenvalue weighted by atomic mass is 33.1. The fourth-order valence-electron chi connectivity index (χ4n) is 3.53. The van der Waals surface area contributed by atoms with Crippen LogP contribution in [0, 0.1) is 0 Å². The van der Waals surface area contributed by atoms with Crippen LogP contribution in [0.5, 0.6) is 5.88 Å². The lowest BCUT2D eigenvalue weighted by molar-refractivity contribution is -0.0701. The first-order chi connectivity index (χ1) is 15.4. The predicted molar refractivity (Wildman–Crippen MR) is 124 cm³/mol. The molecule has 15 heteroatoms. The van der Waals surface area contributed by atoms with Gasteiger partial charge in [0, 0.05) is 10.5 Å². The minimum Gasteiger partial charge on any atom is -0.479 e. The third-order valence-electron chi connectivity index (χ3n) is 4.90. The lowest BCUT2D eigenvalue weighted by Gasteiger charge is -2.33. The first-order valence-electron chi connectivity index (χ1n) is 10.2. The number of fused-ring (bicyclic) bond motifs is 2. The molecule has 2 saturated heterocycles. The predicted octanol–water partition coefficient (Wildman–Crippen LogP) is 3.76. The van der Waals surface area contributed by atoms with E-state index in [4.69, 9.17) is 28.8 Å². The molecule has 0 aliphatic carbocycles. The average Bonchev–Trinajstić information content (AvgIpc) is 3.24. The van der Waals surface area contributed by atoms with Gasteiger partial charge in [-0.25, -0.2) is 13.9 Å². The zero-order valence-corrected chi connectivity index (χ0v) is 21.4. The van der Waals surface area contributed by atoms with Crippen molar-refractivity contribution in [1.82, 2.24) is 19.5 Å². The van der Waals surface area contributed by atoms with Crippen LogP contribution in [-0.4, -0.2) is 68.2 Å².